The summed E-state index contributed by atoms with van der Waals surface area (Å²) >= 11 is 0. The lowest BCUT2D eigenvalue weighted by atomic mass is 10.2. The highest BCUT2D eigenvalue weighted by Gasteiger charge is 2.26. The van der Waals surface area contributed by atoms with Gasteiger partial charge in [0, 0.05) is 6.54 Å². The van der Waals surface area contributed by atoms with Crippen LogP contribution in [0.2, 0.25) is 0 Å². The summed E-state index contributed by atoms with van der Waals surface area (Å²) in [4.78, 5) is 24.0. The van der Waals surface area contributed by atoms with Crippen LogP contribution in [0.4, 0.5) is 4.79 Å². The van der Waals surface area contributed by atoms with Crippen LogP contribution in [0.25, 0.3) is 0 Å². The van der Waals surface area contributed by atoms with Crippen LogP contribution in [-0.4, -0.2) is 35.5 Å². The van der Waals surface area contributed by atoms with Gasteiger partial charge < -0.3 is 9.53 Å². The second-order valence-corrected chi connectivity index (χ2v) is 4.53. The summed E-state index contributed by atoms with van der Waals surface area (Å²) in [6, 6.07) is -0.451. The van der Waals surface area contributed by atoms with Crippen LogP contribution in [0.1, 0.15) is 34.1 Å². The minimum Gasteiger partial charge on any atom is -0.444 e. The van der Waals surface area contributed by atoms with Gasteiger partial charge in [-0.3, -0.25) is 4.90 Å². The minimum atomic E-state index is -0.558. The van der Waals surface area contributed by atoms with Crippen LogP contribution in [0, 0.1) is 0 Å². The number of nitrogens with zero attached hydrogens (tertiary/aromatic N) is 1. The first-order valence-electron chi connectivity index (χ1n) is 5.41. The summed E-state index contributed by atoms with van der Waals surface area (Å²) in [7, 11) is 0. The first kappa shape index (κ1) is 14.7. The normalized spacial score (nSPS) is 12.8. The van der Waals surface area contributed by atoms with Crippen LogP contribution in [0.3, 0.4) is 0 Å². The predicted molar refractivity (Wildman–Crippen MR) is 63.3 cm³/mol. The fraction of sp³-hybridized carbons (Fsp3) is 0.667. The summed E-state index contributed by atoms with van der Waals surface area (Å²) in [5.41, 5.74) is -0.558. The molecule has 0 aliphatic heterocycles. The Morgan fingerprint density at radius 2 is 2.06 bits per heavy atom. The van der Waals surface area contributed by atoms with E-state index >= 15 is 0 Å². The third-order valence-electron chi connectivity index (χ3n) is 1.93. The number of hydrogen-bond acceptors (Lipinski definition) is 3. The number of rotatable bonds is 5. The van der Waals surface area contributed by atoms with Crippen molar-refractivity contribution in [3.05, 3.63) is 12.7 Å². The van der Waals surface area contributed by atoms with Gasteiger partial charge in [-0.15, -0.1) is 6.58 Å². The number of ether oxygens (including phenoxy) is 1. The van der Waals surface area contributed by atoms with E-state index < -0.39 is 17.7 Å². The van der Waals surface area contributed by atoms with E-state index in [-0.39, 0.29) is 0 Å². The van der Waals surface area contributed by atoms with Crippen molar-refractivity contribution in [3.8, 4) is 0 Å². The number of carbonyl (C=O) groups excluding carboxylic acids is 2. The van der Waals surface area contributed by atoms with Crippen molar-refractivity contribution in [3.63, 3.8) is 0 Å². The van der Waals surface area contributed by atoms with Gasteiger partial charge >= 0.3 is 6.09 Å². The molecule has 92 valence electrons. The molecule has 4 nitrogen and oxygen atoms in total. The highest BCUT2D eigenvalue weighted by Crippen LogP contribution is 2.12. The summed E-state index contributed by atoms with van der Waals surface area (Å²) in [5, 5.41) is 0. The molecule has 0 fully saturated rings. The maximum Gasteiger partial charge on any atom is 0.411 e. The smallest absolute Gasteiger partial charge is 0.411 e. The molecule has 0 rings (SSSR count). The zero-order valence-corrected chi connectivity index (χ0v) is 10.5. The Hall–Kier alpha value is -1.32. The van der Waals surface area contributed by atoms with Gasteiger partial charge in [-0.05, 0) is 27.2 Å². The standard InChI is InChI=1S/C12H21NO3/c1-6-8-13(10(7-2)9-14)11(15)16-12(3,4)5/h6,9-10H,1,7-8H2,2-5H3. The molecule has 0 bridgehead atoms. The van der Waals surface area contributed by atoms with Crippen molar-refractivity contribution in [2.24, 2.45) is 0 Å². The average molecular weight is 227 g/mol. The Balaban J connectivity index is 4.69. The molecule has 0 aromatic rings. The van der Waals surface area contributed by atoms with Crippen LogP contribution in [0.15, 0.2) is 12.7 Å². The molecule has 1 amide bonds. The molecule has 16 heavy (non-hydrogen) atoms. The van der Waals surface area contributed by atoms with Crippen LogP contribution in [0.5, 0.6) is 0 Å². The van der Waals surface area contributed by atoms with Gasteiger partial charge in [0.25, 0.3) is 0 Å². The van der Waals surface area contributed by atoms with Crippen molar-refractivity contribution in [2.75, 3.05) is 6.54 Å². The Morgan fingerprint density at radius 1 is 1.50 bits per heavy atom. The van der Waals surface area contributed by atoms with E-state index in [4.69, 9.17) is 4.74 Å². The van der Waals surface area contributed by atoms with Crippen molar-refractivity contribution in [1.82, 2.24) is 4.90 Å². The largest absolute Gasteiger partial charge is 0.444 e. The van der Waals surface area contributed by atoms with Crippen LogP contribution < -0.4 is 0 Å². The molecular weight excluding hydrogens is 206 g/mol. The Kier molecular flexibility index (Phi) is 5.78. The monoisotopic (exact) mass is 227 g/mol. The molecule has 4 heteroatoms. The molecule has 0 heterocycles. The maximum absolute atomic E-state index is 11.8. The van der Waals surface area contributed by atoms with Gasteiger partial charge in [-0.1, -0.05) is 13.0 Å². The molecule has 0 aliphatic rings. The lowest BCUT2D eigenvalue weighted by Crippen LogP contribution is -2.44. The SMILES string of the molecule is C=CCN(C(=O)OC(C)(C)C)C(C=O)CC. The molecule has 0 saturated carbocycles. The van der Waals surface area contributed by atoms with Gasteiger partial charge in [0.05, 0.1) is 6.04 Å². The van der Waals surface area contributed by atoms with Gasteiger partial charge in [0.15, 0.2) is 0 Å². The van der Waals surface area contributed by atoms with Gasteiger partial charge in [0.1, 0.15) is 11.9 Å². The molecule has 0 aromatic carbocycles. The van der Waals surface area contributed by atoms with Crippen molar-refractivity contribution in [1.29, 1.82) is 0 Å². The first-order valence-corrected chi connectivity index (χ1v) is 5.41. The Bertz CT molecular complexity index is 255. The second kappa shape index (κ2) is 6.30. The molecule has 0 aromatic heterocycles. The number of hydrogen-bond donors (Lipinski definition) is 0. The van der Waals surface area contributed by atoms with Crippen molar-refractivity contribution >= 4 is 12.4 Å². The second-order valence-electron chi connectivity index (χ2n) is 4.53. The van der Waals surface area contributed by atoms with E-state index in [2.05, 4.69) is 6.58 Å². The highest BCUT2D eigenvalue weighted by atomic mass is 16.6. The zero-order chi connectivity index (χ0) is 12.8. The molecule has 0 spiro atoms. The number of amides is 1. The van der Waals surface area contributed by atoms with E-state index in [1.807, 2.05) is 6.92 Å². The minimum absolute atomic E-state index is 0.312. The number of aldehydes is 1. The van der Waals surface area contributed by atoms with Gasteiger partial charge in [-0.2, -0.15) is 0 Å². The first-order chi connectivity index (χ1) is 7.35. The average Bonchev–Trinajstić information content (AvgIpc) is 2.15. The van der Waals surface area contributed by atoms with E-state index in [1.54, 1.807) is 26.8 Å². The van der Waals surface area contributed by atoms with Gasteiger partial charge in [-0.25, -0.2) is 4.79 Å². The molecule has 1 unspecified atom stereocenters. The Labute approximate surface area is 97.3 Å². The van der Waals surface area contributed by atoms with Gasteiger partial charge in [0.2, 0.25) is 0 Å². The summed E-state index contributed by atoms with van der Waals surface area (Å²) < 4.78 is 5.22. The quantitative estimate of drug-likeness (QED) is 0.535. The number of carbonyl (C=O) groups is 2. The van der Waals surface area contributed by atoms with E-state index in [0.29, 0.717) is 13.0 Å². The van der Waals surface area contributed by atoms with Crippen molar-refractivity contribution in [2.45, 2.75) is 45.8 Å². The topological polar surface area (TPSA) is 46.6 Å². The predicted octanol–water partition coefficient (Wildman–Crippen LogP) is 2.39. The highest BCUT2D eigenvalue weighted by molar-refractivity contribution is 5.73. The zero-order valence-electron chi connectivity index (χ0n) is 10.5. The van der Waals surface area contributed by atoms with Crippen molar-refractivity contribution < 1.29 is 14.3 Å². The lowest BCUT2D eigenvalue weighted by Gasteiger charge is -2.29. The molecule has 1 atom stereocenters. The fourth-order valence-electron chi connectivity index (χ4n) is 1.20. The summed E-state index contributed by atoms with van der Waals surface area (Å²) in [6.45, 7) is 11.1. The molecular formula is C12H21NO3. The summed E-state index contributed by atoms with van der Waals surface area (Å²) in [6.07, 6.45) is 2.42. The molecule has 0 radical (unpaired) electrons. The molecule has 0 aliphatic carbocycles. The van der Waals surface area contributed by atoms with Crippen LogP contribution >= 0.6 is 0 Å². The third kappa shape index (κ3) is 4.96. The van der Waals surface area contributed by atoms with Crippen LogP contribution in [-0.2, 0) is 9.53 Å². The Morgan fingerprint density at radius 3 is 2.38 bits per heavy atom. The maximum atomic E-state index is 11.8. The third-order valence-corrected chi connectivity index (χ3v) is 1.93. The van der Waals surface area contributed by atoms with E-state index in [0.717, 1.165) is 6.29 Å². The molecule has 0 N–H and O–H groups in total. The molecule has 0 saturated heterocycles. The summed E-state index contributed by atoms with van der Waals surface area (Å²) in [5.74, 6) is 0. The van der Waals surface area contributed by atoms with E-state index in [1.165, 1.54) is 4.90 Å². The van der Waals surface area contributed by atoms with E-state index in [9.17, 15) is 9.59 Å². The fourth-order valence-corrected chi connectivity index (χ4v) is 1.20. The lowest BCUT2D eigenvalue weighted by molar-refractivity contribution is -0.112.